The fraction of sp³-hybridized carbons (Fsp3) is 0.417. The fourth-order valence-electron chi connectivity index (χ4n) is 3.53. The van der Waals surface area contributed by atoms with Crippen molar-refractivity contribution in [3.8, 4) is 5.75 Å². The van der Waals surface area contributed by atoms with E-state index < -0.39 is 0 Å². The lowest BCUT2D eigenvalue weighted by Gasteiger charge is -2.25. The minimum absolute atomic E-state index is 0.00347. The Labute approximate surface area is 183 Å². The number of hydrogen-bond donors (Lipinski definition) is 0. The van der Waals surface area contributed by atoms with Crippen molar-refractivity contribution in [2.75, 3.05) is 37.7 Å². The molecular formula is C24H31N3O2S. The van der Waals surface area contributed by atoms with Crippen molar-refractivity contribution in [3.05, 3.63) is 53.1 Å². The minimum atomic E-state index is 0.00347. The van der Waals surface area contributed by atoms with Gasteiger partial charge in [0.1, 0.15) is 5.75 Å². The molecule has 5 nitrogen and oxygen atoms in total. The van der Waals surface area contributed by atoms with Crippen molar-refractivity contribution < 1.29 is 9.53 Å². The zero-order valence-electron chi connectivity index (χ0n) is 18.6. The molecule has 0 radical (unpaired) electrons. The summed E-state index contributed by atoms with van der Waals surface area (Å²) in [5.74, 6) is 0.833. The number of aromatic nitrogens is 1. The normalized spacial score (nSPS) is 11.3. The van der Waals surface area contributed by atoms with Crippen molar-refractivity contribution in [1.82, 2.24) is 9.88 Å². The molecule has 0 saturated carbocycles. The Morgan fingerprint density at radius 1 is 1.03 bits per heavy atom. The molecule has 1 heterocycles. The van der Waals surface area contributed by atoms with Crippen LogP contribution in [0.4, 0.5) is 5.13 Å². The largest absolute Gasteiger partial charge is 0.494 e. The lowest BCUT2D eigenvalue weighted by atomic mass is 10.0. The Morgan fingerprint density at radius 2 is 1.80 bits per heavy atom. The number of amides is 1. The summed E-state index contributed by atoms with van der Waals surface area (Å²) < 4.78 is 6.65. The van der Waals surface area contributed by atoms with Gasteiger partial charge >= 0.3 is 0 Å². The van der Waals surface area contributed by atoms with E-state index in [0.717, 1.165) is 57.4 Å². The highest BCUT2D eigenvalue weighted by atomic mass is 32.1. The molecule has 3 rings (SSSR count). The Kier molecular flexibility index (Phi) is 7.45. The maximum atomic E-state index is 13.6. The number of nitrogens with zero attached hydrogens (tertiary/aromatic N) is 3. The Bertz CT molecular complexity index is 1010. The summed E-state index contributed by atoms with van der Waals surface area (Å²) in [6.45, 7) is 14.3. The highest BCUT2D eigenvalue weighted by Crippen LogP contribution is 2.32. The van der Waals surface area contributed by atoms with E-state index in [9.17, 15) is 4.79 Å². The second-order valence-corrected chi connectivity index (χ2v) is 8.37. The van der Waals surface area contributed by atoms with E-state index in [2.05, 4.69) is 24.8 Å². The van der Waals surface area contributed by atoms with E-state index in [4.69, 9.17) is 9.72 Å². The molecule has 6 heteroatoms. The van der Waals surface area contributed by atoms with Crippen LogP contribution in [0.2, 0.25) is 0 Å². The first-order chi connectivity index (χ1) is 14.5. The van der Waals surface area contributed by atoms with Gasteiger partial charge < -0.3 is 9.64 Å². The van der Waals surface area contributed by atoms with Crippen molar-refractivity contribution >= 4 is 32.6 Å². The lowest BCUT2D eigenvalue weighted by molar-refractivity contribution is 0.0983. The van der Waals surface area contributed by atoms with Crippen LogP contribution in [0.25, 0.3) is 10.2 Å². The summed E-state index contributed by atoms with van der Waals surface area (Å²) in [6, 6.07) is 11.9. The van der Waals surface area contributed by atoms with Gasteiger partial charge in [-0.3, -0.25) is 9.69 Å². The number of rotatable bonds is 9. The van der Waals surface area contributed by atoms with Gasteiger partial charge in [0.05, 0.1) is 16.8 Å². The van der Waals surface area contributed by atoms with E-state index in [1.807, 2.05) is 56.0 Å². The molecule has 1 aromatic heterocycles. The number of fused-ring (bicyclic) bond motifs is 1. The molecule has 160 valence electrons. The van der Waals surface area contributed by atoms with Crippen LogP contribution in [-0.4, -0.2) is 48.6 Å². The second-order valence-electron chi connectivity index (χ2n) is 7.36. The molecular weight excluding hydrogens is 394 g/mol. The van der Waals surface area contributed by atoms with Gasteiger partial charge in [-0.1, -0.05) is 42.9 Å². The predicted molar refractivity (Wildman–Crippen MR) is 126 cm³/mol. The van der Waals surface area contributed by atoms with E-state index in [0.29, 0.717) is 13.2 Å². The van der Waals surface area contributed by atoms with Crippen LogP contribution in [-0.2, 0) is 0 Å². The third-order valence-electron chi connectivity index (χ3n) is 5.28. The van der Waals surface area contributed by atoms with Gasteiger partial charge in [-0.15, -0.1) is 0 Å². The Hall–Kier alpha value is -2.44. The van der Waals surface area contributed by atoms with Gasteiger partial charge in [-0.25, -0.2) is 4.98 Å². The maximum absolute atomic E-state index is 13.6. The number of ether oxygens (including phenoxy) is 1. The Balaban J connectivity index is 1.97. The lowest BCUT2D eigenvalue weighted by Crippen LogP contribution is -2.39. The van der Waals surface area contributed by atoms with Gasteiger partial charge in [0, 0.05) is 18.7 Å². The van der Waals surface area contributed by atoms with Crippen molar-refractivity contribution in [1.29, 1.82) is 0 Å². The first kappa shape index (κ1) is 22.2. The standard InChI is InChI=1S/C24H31N3O2S/c1-6-26(7-2)13-14-27(23(28)20-11-9-17(4)15-18(20)5)24-25-21-12-10-19(29-8-3)16-22(21)30-24/h9-12,15-16H,6-8,13-14H2,1-5H3. The number of benzene rings is 2. The topological polar surface area (TPSA) is 45.7 Å². The predicted octanol–water partition coefficient (Wildman–Crippen LogP) is 5.30. The summed E-state index contributed by atoms with van der Waals surface area (Å²) in [5.41, 5.74) is 3.77. The average Bonchev–Trinajstić information content (AvgIpc) is 3.14. The van der Waals surface area contributed by atoms with E-state index in [1.54, 1.807) is 0 Å². The number of likely N-dealkylation sites (N-methyl/N-ethyl adjacent to an activating group) is 1. The molecule has 0 aliphatic heterocycles. The van der Waals surface area contributed by atoms with Gasteiger partial charge in [0.15, 0.2) is 5.13 Å². The van der Waals surface area contributed by atoms with Crippen LogP contribution in [0.5, 0.6) is 5.75 Å². The zero-order valence-corrected chi connectivity index (χ0v) is 19.4. The van der Waals surface area contributed by atoms with Gasteiger partial charge in [0.25, 0.3) is 5.91 Å². The van der Waals surface area contributed by atoms with Crippen LogP contribution >= 0.6 is 11.3 Å². The van der Waals surface area contributed by atoms with E-state index >= 15 is 0 Å². The molecule has 0 aliphatic rings. The second kappa shape index (κ2) is 10.0. The third-order valence-corrected chi connectivity index (χ3v) is 6.32. The molecule has 0 spiro atoms. The van der Waals surface area contributed by atoms with Crippen LogP contribution in [0.15, 0.2) is 36.4 Å². The quantitative estimate of drug-likeness (QED) is 0.467. The summed E-state index contributed by atoms with van der Waals surface area (Å²) in [6.07, 6.45) is 0. The number of anilines is 1. The molecule has 1 amide bonds. The van der Waals surface area contributed by atoms with E-state index in [1.165, 1.54) is 11.3 Å². The number of thiazole rings is 1. The van der Waals surface area contributed by atoms with Crippen molar-refractivity contribution in [3.63, 3.8) is 0 Å². The Morgan fingerprint density at radius 3 is 2.47 bits per heavy atom. The van der Waals surface area contributed by atoms with Gasteiger partial charge in [-0.05, 0) is 63.7 Å². The third kappa shape index (κ3) is 4.99. The molecule has 2 aromatic carbocycles. The highest BCUT2D eigenvalue weighted by Gasteiger charge is 2.23. The monoisotopic (exact) mass is 425 g/mol. The molecule has 0 N–H and O–H groups in total. The highest BCUT2D eigenvalue weighted by molar-refractivity contribution is 7.22. The van der Waals surface area contributed by atoms with E-state index in [-0.39, 0.29) is 5.91 Å². The minimum Gasteiger partial charge on any atom is -0.494 e. The number of hydrogen-bond acceptors (Lipinski definition) is 5. The average molecular weight is 426 g/mol. The van der Waals surface area contributed by atoms with Crippen LogP contribution < -0.4 is 9.64 Å². The summed E-state index contributed by atoms with van der Waals surface area (Å²) in [7, 11) is 0. The summed E-state index contributed by atoms with van der Waals surface area (Å²) >= 11 is 1.54. The first-order valence-corrected chi connectivity index (χ1v) is 11.4. The first-order valence-electron chi connectivity index (χ1n) is 10.6. The SMILES string of the molecule is CCOc1ccc2nc(N(CCN(CC)CC)C(=O)c3ccc(C)cc3C)sc2c1. The molecule has 0 fully saturated rings. The molecule has 0 unspecified atom stereocenters. The molecule has 0 saturated heterocycles. The number of carbonyl (C=O) groups excluding carboxylic acids is 1. The van der Waals surface area contributed by atoms with Gasteiger partial charge in [-0.2, -0.15) is 0 Å². The summed E-state index contributed by atoms with van der Waals surface area (Å²) in [5, 5.41) is 0.732. The summed E-state index contributed by atoms with van der Waals surface area (Å²) in [4.78, 5) is 22.5. The zero-order chi connectivity index (χ0) is 21.7. The van der Waals surface area contributed by atoms with Crippen LogP contribution in [0.1, 0.15) is 42.3 Å². The molecule has 0 aliphatic carbocycles. The number of aryl methyl sites for hydroxylation is 2. The molecule has 30 heavy (non-hydrogen) atoms. The fourth-order valence-corrected chi connectivity index (χ4v) is 4.55. The van der Waals surface area contributed by atoms with Crippen LogP contribution in [0, 0.1) is 13.8 Å². The molecule has 0 atom stereocenters. The molecule has 0 bridgehead atoms. The van der Waals surface area contributed by atoms with Crippen LogP contribution in [0.3, 0.4) is 0 Å². The van der Waals surface area contributed by atoms with Crippen molar-refractivity contribution in [2.24, 2.45) is 0 Å². The maximum Gasteiger partial charge on any atom is 0.260 e. The smallest absolute Gasteiger partial charge is 0.260 e. The molecule has 3 aromatic rings. The number of carbonyl (C=O) groups is 1. The van der Waals surface area contributed by atoms with Crippen molar-refractivity contribution in [2.45, 2.75) is 34.6 Å². The van der Waals surface area contributed by atoms with Gasteiger partial charge in [0.2, 0.25) is 0 Å².